The van der Waals surface area contributed by atoms with Crippen molar-refractivity contribution in [3.05, 3.63) is 35.9 Å². The Hall–Kier alpha value is -1.35. The van der Waals surface area contributed by atoms with E-state index in [1.807, 2.05) is 26.8 Å². The molecule has 1 rings (SSSR count). The lowest BCUT2D eigenvalue weighted by atomic mass is 10.1. The van der Waals surface area contributed by atoms with Gasteiger partial charge in [-0.3, -0.25) is 4.79 Å². The summed E-state index contributed by atoms with van der Waals surface area (Å²) in [5.41, 5.74) is 0.284. The standard InChI is InChI=1S/C12H17NO2/c1-12(2,3)13-11(15)10(14)9-7-5-4-6-8-9/h4-8,10,14H,1-3H3,(H,13,15)/t10-/m0/s1. The first-order chi connectivity index (χ1) is 6.90. The van der Waals surface area contributed by atoms with E-state index in [4.69, 9.17) is 0 Å². The molecule has 0 unspecified atom stereocenters. The molecule has 1 atom stereocenters. The van der Waals surface area contributed by atoms with Gasteiger partial charge in [-0.15, -0.1) is 0 Å². The third-order valence-corrected chi connectivity index (χ3v) is 1.86. The van der Waals surface area contributed by atoms with Gasteiger partial charge in [-0.25, -0.2) is 0 Å². The molecule has 0 spiro atoms. The molecule has 0 heterocycles. The Bertz CT molecular complexity index is 327. The fourth-order valence-corrected chi connectivity index (χ4v) is 1.22. The zero-order valence-electron chi connectivity index (χ0n) is 9.32. The number of hydrogen-bond donors (Lipinski definition) is 2. The molecule has 0 radical (unpaired) electrons. The molecule has 3 nitrogen and oxygen atoms in total. The molecule has 0 aromatic heterocycles. The number of amides is 1. The topological polar surface area (TPSA) is 49.3 Å². The summed E-state index contributed by atoms with van der Waals surface area (Å²) in [4.78, 5) is 11.6. The minimum Gasteiger partial charge on any atom is -0.378 e. The number of carbonyl (C=O) groups excluding carboxylic acids is 1. The zero-order chi connectivity index (χ0) is 11.5. The van der Waals surface area contributed by atoms with E-state index < -0.39 is 6.10 Å². The van der Waals surface area contributed by atoms with Crippen molar-refractivity contribution in [2.45, 2.75) is 32.4 Å². The van der Waals surface area contributed by atoms with Crippen LogP contribution in [0.15, 0.2) is 30.3 Å². The summed E-state index contributed by atoms with van der Waals surface area (Å²) in [5.74, 6) is -0.367. The van der Waals surface area contributed by atoms with Gasteiger partial charge < -0.3 is 10.4 Å². The number of aliphatic hydroxyl groups is 1. The molecule has 0 saturated carbocycles. The number of benzene rings is 1. The number of nitrogens with one attached hydrogen (secondary N) is 1. The second-order valence-corrected chi connectivity index (χ2v) is 4.55. The Morgan fingerprint density at radius 2 is 1.80 bits per heavy atom. The highest BCUT2D eigenvalue weighted by atomic mass is 16.3. The Labute approximate surface area is 90.1 Å². The van der Waals surface area contributed by atoms with Crippen molar-refractivity contribution in [2.75, 3.05) is 0 Å². The molecule has 0 aliphatic heterocycles. The number of hydrogen-bond acceptors (Lipinski definition) is 2. The normalized spacial score (nSPS) is 13.3. The van der Waals surface area contributed by atoms with E-state index in [1.165, 1.54) is 0 Å². The smallest absolute Gasteiger partial charge is 0.253 e. The molecule has 15 heavy (non-hydrogen) atoms. The van der Waals surface area contributed by atoms with Crippen LogP contribution in [-0.4, -0.2) is 16.6 Å². The van der Waals surface area contributed by atoms with Gasteiger partial charge in [0.25, 0.3) is 5.91 Å². The largest absolute Gasteiger partial charge is 0.378 e. The van der Waals surface area contributed by atoms with Gasteiger partial charge in [0.15, 0.2) is 6.10 Å². The predicted molar refractivity (Wildman–Crippen MR) is 59.3 cm³/mol. The molecule has 2 N–H and O–H groups in total. The Kier molecular flexibility index (Phi) is 3.48. The van der Waals surface area contributed by atoms with Crippen LogP contribution in [0, 0.1) is 0 Å². The molecule has 82 valence electrons. The van der Waals surface area contributed by atoms with Gasteiger partial charge in [-0.1, -0.05) is 30.3 Å². The van der Waals surface area contributed by atoms with Crippen LogP contribution in [0.5, 0.6) is 0 Å². The van der Waals surface area contributed by atoms with E-state index in [2.05, 4.69) is 5.32 Å². The summed E-state index contributed by atoms with van der Waals surface area (Å²) < 4.78 is 0. The number of aliphatic hydroxyl groups excluding tert-OH is 1. The molecular formula is C12H17NO2. The number of rotatable bonds is 2. The monoisotopic (exact) mass is 207 g/mol. The molecule has 0 aliphatic rings. The van der Waals surface area contributed by atoms with Crippen LogP contribution in [0.2, 0.25) is 0 Å². The lowest BCUT2D eigenvalue weighted by Crippen LogP contribution is -2.43. The minimum absolute atomic E-state index is 0.327. The Morgan fingerprint density at radius 1 is 1.27 bits per heavy atom. The van der Waals surface area contributed by atoms with Crippen LogP contribution in [0.3, 0.4) is 0 Å². The summed E-state index contributed by atoms with van der Waals surface area (Å²) in [5, 5.41) is 12.5. The fraction of sp³-hybridized carbons (Fsp3) is 0.417. The van der Waals surface area contributed by atoms with Crippen molar-refractivity contribution in [1.29, 1.82) is 0 Å². The summed E-state index contributed by atoms with van der Waals surface area (Å²) in [6, 6.07) is 8.89. The van der Waals surface area contributed by atoms with Crippen molar-refractivity contribution in [2.24, 2.45) is 0 Å². The molecule has 0 fully saturated rings. The van der Waals surface area contributed by atoms with Crippen LogP contribution in [0.25, 0.3) is 0 Å². The van der Waals surface area contributed by atoms with E-state index in [0.29, 0.717) is 5.56 Å². The van der Waals surface area contributed by atoms with Gasteiger partial charge in [-0.2, -0.15) is 0 Å². The van der Waals surface area contributed by atoms with Crippen molar-refractivity contribution in [3.63, 3.8) is 0 Å². The Morgan fingerprint density at radius 3 is 2.27 bits per heavy atom. The summed E-state index contributed by atoms with van der Waals surface area (Å²) in [6.45, 7) is 5.63. The zero-order valence-corrected chi connectivity index (χ0v) is 9.32. The molecule has 1 aromatic rings. The van der Waals surface area contributed by atoms with Gasteiger partial charge >= 0.3 is 0 Å². The third kappa shape index (κ3) is 3.72. The van der Waals surface area contributed by atoms with E-state index in [1.54, 1.807) is 24.3 Å². The van der Waals surface area contributed by atoms with E-state index in [-0.39, 0.29) is 11.4 Å². The second kappa shape index (κ2) is 4.45. The third-order valence-electron chi connectivity index (χ3n) is 1.86. The predicted octanol–water partition coefficient (Wildman–Crippen LogP) is 1.63. The van der Waals surface area contributed by atoms with Gasteiger partial charge in [0, 0.05) is 5.54 Å². The minimum atomic E-state index is -1.09. The molecule has 0 aliphatic carbocycles. The van der Waals surface area contributed by atoms with Gasteiger partial charge in [0.05, 0.1) is 0 Å². The highest BCUT2D eigenvalue weighted by molar-refractivity contribution is 5.82. The molecule has 3 heteroatoms. The highest BCUT2D eigenvalue weighted by Crippen LogP contribution is 2.13. The Balaban J connectivity index is 2.70. The van der Waals surface area contributed by atoms with Crippen molar-refractivity contribution < 1.29 is 9.90 Å². The highest BCUT2D eigenvalue weighted by Gasteiger charge is 2.21. The first-order valence-corrected chi connectivity index (χ1v) is 4.95. The van der Waals surface area contributed by atoms with Crippen LogP contribution >= 0.6 is 0 Å². The van der Waals surface area contributed by atoms with Crippen LogP contribution in [0.4, 0.5) is 0 Å². The molecular weight excluding hydrogens is 190 g/mol. The second-order valence-electron chi connectivity index (χ2n) is 4.55. The average molecular weight is 207 g/mol. The van der Waals surface area contributed by atoms with Crippen molar-refractivity contribution in [3.8, 4) is 0 Å². The van der Waals surface area contributed by atoms with E-state index in [0.717, 1.165) is 0 Å². The van der Waals surface area contributed by atoms with Crippen molar-refractivity contribution in [1.82, 2.24) is 5.32 Å². The number of carbonyl (C=O) groups is 1. The van der Waals surface area contributed by atoms with Gasteiger partial charge in [-0.05, 0) is 26.3 Å². The molecule has 1 aromatic carbocycles. The van der Waals surface area contributed by atoms with E-state index >= 15 is 0 Å². The molecule has 0 saturated heterocycles. The molecule has 1 amide bonds. The maximum absolute atomic E-state index is 11.6. The van der Waals surface area contributed by atoms with Crippen LogP contribution in [-0.2, 0) is 4.79 Å². The fourth-order valence-electron chi connectivity index (χ4n) is 1.22. The lowest BCUT2D eigenvalue weighted by molar-refractivity contribution is -0.131. The van der Waals surface area contributed by atoms with Gasteiger partial charge in [0.1, 0.15) is 0 Å². The quantitative estimate of drug-likeness (QED) is 0.774. The SMILES string of the molecule is CC(C)(C)NC(=O)[C@@H](O)c1ccccc1. The maximum Gasteiger partial charge on any atom is 0.253 e. The van der Waals surface area contributed by atoms with E-state index in [9.17, 15) is 9.90 Å². The first kappa shape index (κ1) is 11.7. The average Bonchev–Trinajstić information content (AvgIpc) is 2.15. The van der Waals surface area contributed by atoms with Crippen LogP contribution in [0.1, 0.15) is 32.4 Å². The summed E-state index contributed by atoms with van der Waals surface area (Å²) >= 11 is 0. The summed E-state index contributed by atoms with van der Waals surface area (Å²) in [6.07, 6.45) is -1.09. The lowest BCUT2D eigenvalue weighted by Gasteiger charge is -2.22. The summed E-state index contributed by atoms with van der Waals surface area (Å²) in [7, 11) is 0. The first-order valence-electron chi connectivity index (χ1n) is 4.95. The maximum atomic E-state index is 11.6. The van der Waals surface area contributed by atoms with Crippen LogP contribution < -0.4 is 5.32 Å². The van der Waals surface area contributed by atoms with Crippen molar-refractivity contribution >= 4 is 5.91 Å². The molecule has 0 bridgehead atoms. The van der Waals surface area contributed by atoms with Gasteiger partial charge in [0.2, 0.25) is 0 Å².